The molecule has 0 spiro atoms. The van der Waals surface area contributed by atoms with Crippen LogP contribution in [-0.4, -0.2) is 15.7 Å². The predicted octanol–water partition coefficient (Wildman–Crippen LogP) is 1.61. The summed E-state index contributed by atoms with van der Waals surface area (Å²) in [5, 5.41) is 10.4. The fourth-order valence-electron chi connectivity index (χ4n) is 0.921. The van der Waals surface area contributed by atoms with Crippen LogP contribution in [0.1, 0.15) is 32.2 Å². The molecule has 0 saturated heterocycles. The SMILES string of the molecule is Cc1cc(CNC(C)(C)C)n[nH]1. The molecule has 1 aromatic heterocycles. The third-order valence-corrected chi connectivity index (χ3v) is 1.56. The zero-order valence-corrected chi connectivity index (χ0v) is 8.23. The highest BCUT2D eigenvalue weighted by Crippen LogP contribution is 2.02. The first-order valence-electron chi connectivity index (χ1n) is 4.23. The van der Waals surface area contributed by atoms with Gasteiger partial charge in [0, 0.05) is 17.8 Å². The Balaban J connectivity index is 2.44. The van der Waals surface area contributed by atoms with Gasteiger partial charge in [0.25, 0.3) is 0 Å². The van der Waals surface area contributed by atoms with Crippen LogP contribution >= 0.6 is 0 Å². The molecular formula is C9H17N3. The van der Waals surface area contributed by atoms with Gasteiger partial charge in [-0.05, 0) is 33.8 Å². The van der Waals surface area contributed by atoms with Crippen molar-refractivity contribution in [1.29, 1.82) is 0 Å². The molecule has 0 aliphatic heterocycles. The van der Waals surface area contributed by atoms with E-state index in [4.69, 9.17) is 0 Å². The van der Waals surface area contributed by atoms with Gasteiger partial charge >= 0.3 is 0 Å². The Morgan fingerprint density at radius 1 is 1.50 bits per heavy atom. The average molecular weight is 167 g/mol. The fourth-order valence-corrected chi connectivity index (χ4v) is 0.921. The highest BCUT2D eigenvalue weighted by atomic mass is 15.1. The molecule has 0 radical (unpaired) electrons. The molecule has 0 fully saturated rings. The van der Waals surface area contributed by atoms with Crippen molar-refractivity contribution in [3.05, 3.63) is 17.5 Å². The molecule has 0 amide bonds. The monoisotopic (exact) mass is 167 g/mol. The van der Waals surface area contributed by atoms with Gasteiger partial charge in [-0.25, -0.2) is 0 Å². The van der Waals surface area contributed by atoms with Crippen molar-refractivity contribution in [2.45, 2.75) is 39.8 Å². The van der Waals surface area contributed by atoms with E-state index < -0.39 is 0 Å². The Kier molecular flexibility index (Phi) is 2.52. The summed E-state index contributed by atoms with van der Waals surface area (Å²) in [6, 6.07) is 2.05. The van der Waals surface area contributed by atoms with Crippen LogP contribution in [0, 0.1) is 6.92 Å². The lowest BCUT2D eigenvalue weighted by Gasteiger charge is -2.19. The maximum Gasteiger partial charge on any atom is 0.0762 e. The number of aromatic amines is 1. The van der Waals surface area contributed by atoms with Crippen LogP contribution in [0.3, 0.4) is 0 Å². The van der Waals surface area contributed by atoms with Crippen LogP contribution in [-0.2, 0) is 6.54 Å². The molecule has 0 aromatic carbocycles. The summed E-state index contributed by atoms with van der Waals surface area (Å²) in [5.41, 5.74) is 2.34. The van der Waals surface area contributed by atoms with Crippen LogP contribution in [0.2, 0.25) is 0 Å². The first-order chi connectivity index (χ1) is 5.47. The molecule has 0 aliphatic rings. The molecular weight excluding hydrogens is 150 g/mol. The largest absolute Gasteiger partial charge is 0.306 e. The van der Waals surface area contributed by atoms with Crippen molar-refractivity contribution in [3.8, 4) is 0 Å². The summed E-state index contributed by atoms with van der Waals surface area (Å²) < 4.78 is 0. The van der Waals surface area contributed by atoms with E-state index in [0.717, 1.165) is 17.9 Å². The van der Waals surface area contributed by atoms with Gasteiger partial charge in [0.05, 0.1) is 5.69 Å². The third kappa shape index (κ3) is 3.05. The predicted molar refractivity (Wildman–Crippen MR) is 49.9 cm³/mol. The van der Waals surface area contributed by atoms with Gasteiger partial charge < -0.3 is 5.32 Å². The quantitative estimate of drug-likeness (QED) is 0.702. The molecule has 0 saturated carbocycles. The van der Waals surface area contributed by atoms with E-state index in [1.165, 1.54) is 0 Å². The molecule has 0 bridgehead atoms. The number of hydrogen-bond acceptors (Lipinski definition) is 2. The van der Waals surface area contributed by atoms with Crippen LogP contribution in [0.15, 0.2) is 6.07 Å². The number of nitrogens with one attached hydrogen (secondary N) is 2. The van der Waals surface area contributed by atoms with Crippen LogP contribution < -0.4 is 5.32 Å². The molecule has 3 heteroatoms. The highest BCUT2D eigenvalue weighted by molar-refractivity contribution is 5.06. The van der Waals surface area contributed by atoms with Crippen molar-refractivity contribution in [2.24, 2.45) is 0 Å². The Morgan fingerprint density at radius 3 is 2.58 bits per heavy atom. The smallest absolute Gasteiger partial charge is 0.0762 e. The van der Waals surface area contributed by atoms with Gasteiger partial charge in [-0.3, -0.25) is 5.10 Å². The normalized spacial score (nSPS) is 12.0. The summed E-state index contributed by atoms with van der Waals surface area (Å²) in [4.78, 5) is 0. The third-order valence-electron chi connectivity index (χ3n) is 1.56. The Labute approximate surface area is 73.6 Å². The second-order valence-electron chi connectivity index (χ2n) is 4.15. The molecule has 3 nitrogen and oxygen atoms in total. The second kappa shape index (κ2) is 3.27. The lowest BCUT2D eigenvalue weighted by atomic mass is 10.1. The van der Waals surface area contributed by atoms with Gasteiger partial charge in [-0.15, -0.1) is 0 Å². The number of rotatable bonds is 2. The molecule has 0 atom stereocenters. The zero-order chi connectivity index (χ0) is 9.19. The highest BCUT2D eigenvalue weighted by Gasteiger charge is 2.08. The van der Waals surface area contributed by atoms with Gasteiger partial charge in [0.15, 0.2) is 0 Å². The van der Waals surface area contributed by atoms with E-state index in [9.17, 15) is 0 Å². The van der Waals surface area contributed by atoms with Crippen molar-refractivity contribution >= 4 is 0 Å². The minimum atomic E-state index is 0.160. The molecule has 68 valence electrons. The molecule has 0 aliphatic carbocycles. The van der Waals surface area contributed by atoms with Crippen LogP contribution in [0.5, 0.6) is 0 Å². The average Bonchev–Trinajstić information content (AvgIpc) is 2.30. The lowest BCUT2D eigenvalue weighted by Crippen LogP contribution is -2.35. The van der Waals surface area contributed by atoms with E-state index in [0.29, 0.717) is 0 Å². The van der Waals surface area contributed by atoms with Crippen molar-refractivity contribution in [1.82, 2.24) is 15.5 Å². The van der Waals surface area contributed by atoms with Gasteiger partial charge in [0.2, 0.25) is 0 Å². The lowest BCUT2D eigenvalue weighted by molar-refractivity contribution is 0.421. The molecule has 2 N–H and O–H groups in total. The van der Waals surface area contributed by atoms with Crippen LogP contribution in [0.25, 0.3) is 0 Å². The summed E-state index contributed by atoms with van der Waals surface area (Å²) >= 11 is 0. The number of aryl methyl sites for hydroxylation is 1. The van der Waals surface area contributed by atoms with Gasteiger partial charge in [0.1, 0.15) is 0 Å². The number of hydrogen-bond donors (Lipinski definition) is 2. The maximum absolute atomic E-state index is 4.13. The van der Waals surface area contributed by atoms with Crippen molar-refractivity contribution in [2.75, 3.05) is 0 Å². The van der Waals surface area contributed by atoms with Gasteiger partial charge in [-0.2, -0.15) is 5.10 Å². The minimum absolute atomic E-state index is 0.160. The topological polar surface area (TPSA) is 40.7 Å². The maximum atomic E-state index is 4.13. The summed E-state index contributed by atoms with van der Waals surface area (Å²) in [5.74, 6) is 0. The first kappa shape index (κ1) is 9.26. The molecule has 1 rings (SSSR count). The van der Waals surface area contributed by atoms with E-state index in [1.807, 2.05) is 6.92 Å². The summed E-state index contributed by atoms with van der Waals surface area (Å²) in [6.07, 6.45) is 0. The molecule has 0 unspecified atom stereocenters. The molecule has 1 aromatic rings. The van der Waals surface area contributed by atoms with E-state index in [-0.39, 0.29) is 5.54 Å². The number of H-pyrrole nitrogens is 1. The Bertz CT molecular complexity index is 245. The minimum Gasteiger partial charge on any atom is -0.306 e. The second-order valence-corrected chi connectivity index (χ2v) is 4.15. The molecule has 1 heterocycles. The number of nitrogens with zero attached hydrogens (tertiary/aromatic N) is 1. The summed E-state index contributed by atoms with van der Waals surface area (Å²) in [7, 11) is 0. The zero-order valence-electron chi connectivity index (χ0n) is 8.23. The molecule has 12 heavy (non-hydrogen) atoms. The van der Waals surface area contributed by atoms with Gasteiger partial charge in [-0.1, -0.05) is 0 Å². The Morgan fingerprint density at radius 2 is 2.17 bits per heavy atom. The van der Waals surface area contributed by atoms with E-state index in [1.54, 1.807) is 0 Å². The summed E-state index contributed by atoms with van der Waals surface area (Å²) in [6.45, 7) is 9.27. The number of aromatic nitrogens is 2. The Hall–Kier alpha value is -0.830. The van der Waals surface area contributed by atoms with Crippen molar-refractivity contribution < 1.29 is 0 Å². The van der Waals surface area contributed by atoms with Crippen LogP contribution in [0.4, 0.5) is 0 Å². The van der Waals surface area contributed by atoms with E-state index in [2.05, 4.69) is 42.4 Å². The van der Waals surface area contributed by atoms with E-state index >= 15 is 0 Å². The first-order valence-corrected chi connectivity index (χ1v) is 4.23. The standard InChI is InChI=1S/C9H17N3/c1-7-5-8(12-11-7)6-10-9(2,3)4/h5,10H,6H2,1-4H3,(H,11,12). The van der Waals surface area contributed by atoms with Crippen molar-refractivity contribution in [3.63, 3.8) is 0 Å². The fraction of sp³-hybridized carbons (Fsp3) is 0.667.